The minimum atomic E-state index is -0.802. The number of hydrogen-bond donors (Lipinski definition) is 2. The summed E-state index contributed by atoms with van der Waals surface area (Å²) in [4.78, 5) is 23.9. The highest BCUT2D eigenvalue weighted by atomic mass is 19.1. The summed E-state index contributed by atoms with van der Waals surface area (Å²) >= 11 is 0. The van der Waals surface area contributed by atoms with Crippen molar-refractivity contribution in [3.05, 3.63) is 65.5 Å². The molecule has 2 aromatic carbocycles. The molecule has 2 amide bonds. The number of amides is 2. The number of nitrogens with one attached hydrogen (secondary N) is 2. The Labute approximate surface area is 152 Å². The van der Waals surface area contributed by atoms with Crippen LogP contribution in [0.2, 0.25) is 0 Å². The zero-order chi connectivity index (χ0) is 19.3. The van der Waals surface area contributed by atoms with Crippen LogP contribution in [0.4, 0.5) is 4.39 Å². The highest BCUT2D eigenvalue weighted by Crippen LogP contribution is 2.24. The van der Waals surface area contributed by atoms with Crippen molar-refractivity contribution in [2.45, 2.75) is 39.2 Å². The van der Waals surface area contributed by atoms with Gasteiger partial charge in [0.25, 0.3) is 11.8 Å². The van der Waals surface area contributed by atoms with Gasteiger partial charge in [-0.1, -0.05) is 32.9 Å². The molecule has 6 heteroatoms. The monoisotopic (exact) mass is 358 g/mol. The first-order chi connectivity index (χ1) is 12.2. The fourth-order valence-electron chi connectivity index (χ4n) is 2.18. The molecule has 138 valence electrons. The van der Waals surface area contributed by atoms with Crippen molar-refractivity contribution in [1.29, 1.82) is 0 Å². The maximum absolute atomic E-state index is 12.8. The predicted octanol–water partition coefficient (Wildman–Crippen LogP) is 3.35. The predicted molar refractivity (Wildman–Crippen MR) is 97.2 cm³/mol. The van der Waals surface area contributed by atoms with Crippen molar-refractivity contribution in [3.8, 4) is 5.75 Å². The zero-order valence-corrected chi connectivity index (χ0v) is 15.3. The molecule has 0 saturated heterocycles. The molecule has 0 saturated carbocycles. The summed E-state index contributed by atoms with van der Waals surface area (Å²) in [5.74, 6) is -0.920. The van der Waals surface area contributed by atoms with Crippen LogP contribution in [0.25, 0.3) is 0 Å². The first kappa shape index (κ1) is 19.4. The van der Waals surface area contributed by atoms with Gasteiger partial charge in [0.15, 0.2) is 6.10 Å². The first-order valence-corrected chi connectivity index (χ1v) is 8.30. The molecule has 0 fully saturated rings. The van der Waals surface area contributed by atoms with E-state index < -0.39 is 23.7 Å². The van der Waals surface area contributed by atoms with Gasteiger partial charge in [0.2, 0.25) is 0 Å². The Morgan fingerprint density at radius 3 is 2.08 bits per heavy atom. The molecule has 0 aliphatic heterocycles. The molecular weight excluding hydrogens is 335 g/mol. The van der Waals surface area contributed by atoms with Crippen molar-refractivity contribution in [3.63, 3.8) is 0 Å². The van der Waals surface area contributed by atoms with Crippen LogP contribution in [0, 0.1) is 5.82 Å². The van der Waals surface area contributed by atoms with E-state index in [4.69, 9.17) is 4.74 Å². The summed E-state index contributed by atoms with van der Waals surface area (Å²) in [6.45, 7) is 7.92. The number of carbonyl (C=O) groups excluding carboxylic acids is 2. The lowest BCUT2D eigenvalue weighted by atomic mass is 9.87. The number of halogens is 1. The number of benzene rings is 2. The van der Waals surface area contributed by atoms with Gasteiger partial charge in [-0.3, -0.25) is 20.4 Å². The molecular formula is C20H23FN2O3. The van der Waals surface area contributed by atoms with E-state index in [1.807, 2.05) is 24.3 Å². The minimum absolute atomic E-state index is 0.0339. The van der Waals surface area contributed by atoms with E-state index in [1.165, 1.54) is 24.3 Å². The lowest BCUT2D eigenvalue weighted by Gasteiger charge is -2.20. The van der Waals surface area contributed by atoms with Crippen molar-refractivity contribution in [2.24, 2.45) is 0 Å². The molecule has 5 nitrogen and oxygen atoms in total. The maximum atomic E-state index is 12.8. The van der Waals surface area contributed by atoms with Crippen molar-refractivity contribution in [2.75, 3.05) is 0 Å². The fraction of sp³-hybridized carbons (Fsp3) is 0.300. The van der Waals surface area contributed by atoms with E-state index in [0.29, 0.717) is 5.75 Å². The van der Waals surface area contributed by atoms with E-state index in [2.05, 4.69) is 31.6 Å². The van der Waals surface area contributed by atoms with Gasteiger partial charge in [0.1, 0.15) is 11.6 Å². The minimum Gasteiger partial charge on any atom is -0.481 e. The van der Waals surface area contributed by atoms with Gasteiger partial charge in [-0.25, -0.2) is 4.39 Å². The lowest BCUT2D eigenvalue weighted by molar-refractivity contribution is -0.128. The molecule has 0 aromatic heterocycles. The van der Waals surface area contributed by atoms with Gasteiger partial charge in [-0.05, 0) is 54.3 Å². The van der Waals surface area contributed by atoms with Crippen LogP contribution in [0.15, 0.2) is 48.5 Å². The van der Waals surface area contributed by atoms with Crippen LogP contribution in [0.1, 0.15) is 43.6 Å². The average Bonchev–Trinajstić information content (AvgIpc) is 2.59. The second kappa shape index (κ2) is 7.99. The van der Waals surface area contributed by atoms with Gasteiger partial charge in [0, 0.05) is 5.56 Å². The fourth-order valence-corrected chi connectivity index (χ4v) is 2.18. The Hall–Kier alpha value is -2.89. The van der Waals surface area contributed by atoms with Crippen LogP contribution >= 0.6 is 0 Å². The molecule has 0 radical (unpaired) electrons. The number of hydrogen-bond acceptors (Lipinski definition) is 3. The van der Waals surface area contributed by atoms with E-state index in [-0.39, 0.29) is 11.0 Å². The van der Waals surface area contributed by atoms with Crippen LogP contribution in [0.3, 0.4) is 0 Å². The third-order valence-electron chi connectivity index (χ3n) is 3.81. The van der Waals surface area contributed by atoms with E-state index in [9.17, 15) is 14.0 Å². The Morgan fingerprint density at radius 2 is 1.54 bits per heavy atom. The smallest absolute Gasteiger partial charge is 0.279 e. The highest BCUT2D eigenvalue weighted by molar-refractivity contribution is 5.95. The number of carbonyl (C=O) groups is 2. The highest BCUT2D eigenvalue weighted by Gasteiger charge is 2.17. The normalized spacial score (nSPS) is 12.2. The second-order valence-electron chi connectivity index (χ2n) is 6.98. The van der Waals surface area contributed by atoms with Crippen LogP contribution in [0.5, 0.6) is 5.75 Å². The lowest BCUT2D eigenvalue weighted by Crippen LogP contribution is -2.47. The first-order valence-electron chi connectivity index (χ1n) is 8.30. The van der Waals surface area contributed by atoms with Crippen LogP contribution in [-0.2, 0) is 10.2 Å². The van der Waals surface area contributed by atoms with Gasteiger partial charge >= 0.3 is 0 Å². The Kier molecular flexibility index (Phi) is 5.97. The average molecular weight is 358 g/mol. The summed E-state index contributed by atoms with van der Waals surface area (Å²) in [5.41, 5.74) is 6.00. The quantitative estimate of drug-likeness (QED) is 0.824. The molecule has 2 aromatic rings. The Bertz CT molecular complexity index is 765. The summed E-state index contributed by atoms with van der Waals surface area (Å²) < 4.78 is 18.4. The standard InChI is InChI=1S/C20H23FN2O3/c1-13(26-17-11-7-15(8-12-17)20(2,3)4)18(24)22-23-19(25)14-5-9-16(21)10-6-14/h5-13H,1-4H3,(H,22,24)(H,23,25). The summed E-state index contributed by atoms with van der Waals surface area (Å²) in [6, 6.07) is 12.5. The van der Waals surface area contributed by atoms with Gasteiger partial charge in [-0.2, -0.15) is 0 Å². The molecule has 0 aliphatic rings. The molecule has 1 unspecified atom stereocenters. The van der Waals surface area contributed by atoms with E-state index in [1.54, 1.807) is 6.92 Å². The van der Waals surface area contributed by atoms with Crippen LogP contribution in [-0.4, -0.2) is 17.9 Å². The molecule has 2 rings (SSSR count). The number of ether oxygens (including phenoxy) is 1. The molecule has 1 atom stereocenters. The maximum Gasteiger partial charge on any atom is 0.279 e. The zero-order valence-electron chi connectivity index (χ0n) is 15.3. The van der Waals surface area contributed by atoms with E-state index >= 15 is 0 Å². The molecule has 26 heavy (non-hydrogen) atoms. The third-order valence-corrected chi connectivity index (χ3v) is 3.81. The number of hydrazine groups is 1. The summed E-state index contributed by atoms with van der Waals surface area (Å²) in [7, 11) is 0. The Morgan fingerprint density at radius 1 is 0.962 bits per heavy atom. The molecule has 2 N–H and O–H groups in total. The second-order valence-corrected chi connectivity index (χ2v) is 6.98. The van der Waals surface area contributed by atoms with Gasteiger partial charge in [0.05, 0.1) is 0 Å². The number of rotatable bonds is 4. The van der Waals surface area contributed by atoms with Crippen LogP contribution < -0.4 is 15.6 Å². The topological polar surface area (TPSA) is 67.4 Å². The molecule has 0 bridgehead atoms. The molecule has 0 heterocycles. The van der Waals surface area contributed by atoms with E-state index in [0.717, 1.165) is 5.56 Å². The Balaban J connectivity index is 1.87. The van der Waals surface area contributed by atoms with Crippen molar-refractivity contribution >= 4 is 11.8 Å². The van der Waals surface area contributed by atoms with Gasteiger partial charge in [-0.15, -0.1) is 0 Å². The SMILES string of the molecule is CC(Oc1ccc(C(C)(C)C)cc1)C(=O)NNC(=O)c1ccc(F)cc1. The van der Waals surface area contributed by atoms with Gasteiger partial charge < -0.3 is 4.74 Å². The summed E-state index contributed by atoms with van der Waals surface area (Å²) in [5, 5.41) is 0. The molecule has 0 spiro atoms. The largest absolute Gasteiger partial charge is 0.481 e. The van der Waals surface area contributed by atoms with Crippen molar-refractivity contribution in [1.82, 2.24) is 10.9 Å². The third kappa shape index (κ3) is 5.31. The molecule has 0 aliphatic carbocycles. The summed E-state index contributed by atoms with van der Waals surface area (Å²) in [6.07, 6.45) is -0.802. The van der Waals surface area contributed by atoms with Crippen molar-refractivity contribution < 1.29 is 18.7 Å².